The van der Waals surface area contributed by atoms with Gasteiger partial charge in [-0.1, -0.05) is 58.0 Å². The average Bonchev–Trinajstić information content (AvgIpc) is 3.07. The number of halogens is 1. The first-order chi connectivity index (χ1) is 11.6. The number of likely N-dealkylation sites (N-methyl/N-ethyl adjacent to an activating group) is 1. The lowest BCUT2D eigenvalue weighted by Gasteiger charge is -2.08. The minimum Gasteiger partial charge on any atom is -0.311 e. The molecule has 2 aromatic rings. The highest BCUT2D eigenvalue weighted by Crippen LogP contribution is 2.44. The van der Waals surface area contributed by atoms with Crippen molar-refractivity contribution in [1.82, 2.24) is 0 Å². The van der Waals surface area contributed by atoms with E-state index in [4.69, 9.17) is 0 Å². The predicted molar refractivity (Wildman–Crippen MR) is 100 cm³/mol. The number of rotatable bonds is 1. The third kappa shape index (κ3) is 2.34. The summed E-state index contributed by atoms with van der Waals surface area (Å²) in [6, 6.07) is 15.1. The van der Waals surface area contributed by atoms with Gasteiger partial charge in [-0.15, -0.1) is 0 Å². The summed E-state index contributed by atoms with van der Waals surface area (Å²) in [7, 11) is 1.71. The summed E-state index contributed by atoms with van der Waals surface area (Å²) in [5, 5.41) is 0.627. The Bertz CT molecular complexity index is 951. The van der Waals surface area contributed by atoms with Crippen molar-refractivity contribution in [3.8, 4) is 0 Å². The molecule has 0 aliphatic carbocycles. The molecule has 0 saturated carbocycles. The van der Waals surface area contributed by atoms with Gasteiger partial charge in [0.2, 0.25) is 0 Å². The van der Waals surface area contributed by atoms with Crippen LogP contribution in [0.25, 0.3) is 5.57 Å². The number of aliphatic imine (C=N–C) groups is 1. The monoisotopic (exact) mass is 398 g/mol. The summed E-state index contributed by atoms with van der Waals surface area (Å²) >= 11 is 4.69. The number of fused-ring (bicyclic) bond motifs is 1. The average molecular weight is 399 g/mol. The molecule has 0 unspecified atom stereocenters. The topological polar surface area (TPSA) is 49.7 Å². The number of anilines is 1. The Labute approximate surface area is 151 Å². The maximum Gasteiger partial charge on any atom is 0.285 e. The Morgan fingerprint density at radius 3 is 2.58 bits per heavy atom. The highest BCUT2D eigenvalue weighted by Gasteiger charge is 2.37. The minimum atomic E-state index is -0.358. The van der Waals surface area contributed by atoms with Gasteiger partial charge in [0.15, 0.2) is 0 Å². The Morgan fingerprint density at radius 1 is 1.08 bits per heavy atom. The van der Waals surface area contributed by atoms with E-state index in [2.05, 4.69) is 20.9 Å². The van der Waals surface area contributed by atoms with Crippen molar-refractivity contribution >= 4 is 55.8 Å². The molecule has 2 heterocycles. The van der Waals surface area contributed by atoms with Crippen molar-refractivity contribution in [2.24, 2.45) is 4.99 Å². The molecule has 0 fully saturated rings. The van der Waals surface area contributed by atoms with E-state index in [9.17, 15) is 9.59 Å². The fraction of sp³-hybridized carbons (Fsp3) is 0.0556. The van der Waals surface area contributed by atoms with Gasteiger partial charge in [0, 0.05) is 22.6 Å². The van der Waals surface area contributed by atoms with Gasteiger partial charge in [0.05, 0.1) is 16.2 Å². The normalized spacial score (nSPS) is 19.8. The van der Waals surface area contributed by atoms with E-state index in [0.717, 1.165) is 21.3 Å². The Balaban J connectivity index is 1.83. The van der Waals surface area contributed by atoms with Crippen molar-refractivity contribution in [3.05, 3.63) is 69.0 Å². The number of nitrogens with zero attached hydrogens (tertiary/aromatic N) is 2. The van der Waals surface area contributed by atoms with E-state index < -0.39 is 0 Å². The molecule has 0 radical (unpaired) electrons. The smallest absolute Gasteiger partial charge is 0.285 e. The van der Waals surface area contributed by atoms with Crippen LogP contribution >= 0.6 is 27.7 Å². The van der Waals surface area contributed by atoms with Crippen LogP contribution in [0.4, 0.5) is 5.69 Å². The number of thioether (sulfide) groups is 1. The SMILES string of the molecule is CN1C(=O)/C(=C2\SC(c3ccccc3)=NC2=O)c2cc(Br)ccc21. The lowest BCUT2D eigenvalue weighted by atomic mass is 10.1. The second-order valence-corrected chi connectivity index (χ2v) is 7.33. The molecule has 0 aromatic heterocycles. The highest BCUT2D eigenvalue weighted by atomic mass is 79.9. The Hall–Kier alpha value is -2.18. The van der Waals surface area contributed by atoms with E-state index in [0.29, 0.717) is 15.5 Å². The van der Waals surface area contributed by atoms with Crippen LogP contribution in [0.3, 0.4) is 0 Å². The maximum absolute atomic E-state index is 12.7. The third-order valence-electron chi connectivity index (χ3n) is 3.95. The number of benzene rings is 2. The molecule has 0 bridgehead atoms. The van der Waals surface area contributed by atoms with Gasteiger partial charge in [-0.2, -0.15) is 0 Å². The lowest BCUT2D eigenvalue weighted by molar-refractivity contribution is -0.115. The molecule has 0 atom stereocenters. The van der Waals surface area contributed by atoms with Crippen molar-refractivity contribution in [2.75, 3.05) is 11.9 Å². The molecule has 2 aliphatic rings. The van der Waals surface area contributed by atoms with Crippen LogP contribution in [0, 0.1) is 0 Å². The largest absolute Gasteiger partial charge is 0.311 e. The van der Waals surface area contributed by atoms with Crippen molar-refractivity contribution in [2.45, 2.75) is 0 Å². The zero-order valence-corrected chi connectivity index (χ0v) is 15.0. The van der Waals surface area contributed by atoms with Gasteiger partial charge >= 0.3 is 0 Å². The lowest BCUT2D eigenvalue weighted by Crippen LogP contribution is -2.21. The third-order valence-corrected chi connectivity index (χ3v) is 5.55. The number of hydrogen-bond donors (Lipinski definition) is 0. The quantitative estimate of drug-likeness (QED) is 0.685. The molecule has 0 N–H and O–H groups in total. The summed E-state index contributed by atoms with van der Waals surface area (Å²) < 4.78 is 0.863. The van der Waals surface area contributed by atoms with E-state index in [1.807, 2.05) is 48.5 Å². The summed E-state index contributed by atoms with van der Waals surface area (Å²) in [5.74, 6) is -0.535. The van der Waals surface area contributed by atoms with Crippen LogP contribution in [0.5, 0.6) is 0 Å². The van der Waals surface area contributed by atoms with Gasteiger partial charge in [-0.05, 0) is 18.2 Å². The molecule has 4 rings (SSSR count). The second kappa shape index (κ2) is 5.72. The van der Waals surface area contributed by atoms with Gasteiger partial charge in [0.1, 0.15) is 5.04 Å². The molecule has 0 spiro atoms. The molecule has 2 amide bonds. The van der Waals surface area contributed by atoms with E-state index in [1.165, 1.54) is 11.8 Å². The first kappa shape index (κ1) is 15.4. The van der Waals surface area contributed by atoms with Crippen LogP contribution in [-0.4, -0.2) is 23.9 Å². The van der Waals surface area contributed by atoms with Gasteiger partial charge < -0.3 is 4.90 Å². The fourth-order valence-electron chi connectivity index (χ4n) is 2.78. The Kier molecular flexibility index (Phi) is 3.66. The van der Waals surface area contributed by atoms with Crippen LogP contribution in [0.2, 0.25) is 0 Å². The summed E-state index contributed by atoms with van der Waals surface area (Å²) in [4.78, 5) is 31.2. The first-order valence-electron chi connectivity index (χ1n) is 7.25. The number of carbonyl (C=O) groups excluding carboxylic acids is 2. The maximum atomic E-state index is 12.7. The second-order valence-electron chi connectivity index (χ2n) is 5.42. The summed E-state index contributed by atoms with van der Waals surface area (Å²) in [6.45, 7) is 0. The van der Waals surface area contributed by atoms with E-state index >= 15 is 0 Å². The number of hydrogen-bond acceptors (Lipinski definition) is 3. The van der Waals surface area contributed by atoms with Crippen LogP contribution in [-0.2, 0) is 9.59 Å². The van der Waals surface area contributed by atoms with Gasteiger partial charge in [-0.25, -0.2) is 4.99 Å². The van der Waals surface area contributed by atoms with Crippen LogP contribution < -0.4 is 4.90 Å². The molecule has 2 aromatic carbocycles. The Morgan fingerprint density at radius 2 is 1.83 bits per heavy atom. The molecule has 2 aliphatic heterocycles. The number of amides is 2. The summed E-state index contributed by atoms with van der Waals surface area (Å²) in [5.41, 5.74) is 2.86. The van der Waals surface area contributed by atoms with Crippen molar-refractivity contribution < 1.29 is 9.59 Å². The van der Waals surface area contributed by atoms with Gasteiger partial charge in [0.25, 0.3) is 11.8 Å². The van der Waals surface area contributed by atoms with Crippen molar-refractivity contribution in [3.63, 3.8) is 0 Å². The van der Waals surface area contributed by atoms with Gasteiger partial charge in [-0.3, -0.25) is 9.59 Å². The summed E-state index contributed by atoms with van der Waals surface area (Å²) in [6.07, 6.45) is 0. The minimum absolute atomic E-state index is 0.177. The van der Waals surface area contributed by atoms with Crippen molar-refractivity contribution in [1.29, 1.82) is 0 Å². The molecule has 0 saturated heterocycles. The molecule has 6 heteroatoms. The molecule has 118 valence electrons. The van der Waals surface area contributed by atoms with E-state index in [-0.39, 0.29) is 11.8 Å². The molecule has 24 heavy (non-hydrogen) atoms. The zero-order chi connectivity index (χ0) is 16.8. The van der Waals surface area contributed by atoms with Crippen LogP contribution in [0.1, 0.15) is 11.1 Å². The molecule has 4 nitrogen and oxygen atoms in total. The standard InChI is InChI=1S/C18H11BrN2O2S/c1-21-13-8-7-11(19)9-12(13)14(18(21)23)15-16(22)20-17(24-15)10-5-3-2-4-6-10/h2-9H,1H3/b15-14-. The zero-order valence-electron chi connectivity index (χ0n) is 12.6. The van der Waals surface area contributed by atoms with Crippen LogP contribution in [0.15, 0.2) is 62.9 Å². The molecular formula is C18H11BrN2O2S. The fourth-order valence-corrected chi connectivity index (χ4v) is 4.15. The molecular weight excluding hydrogens is 388 g/mol. The first-order valence-corrected chi connectivity index (χ1v) is 8.86. The highest BCUT2D eigenvalue weighted by molar-refractivity contribution is 9.10. The van der Waals surface area contributed by atoms with E-state index in [1.54, 1.807) is 11.9 Å². The number of carbonyl (C=O) groups is 2. The predicted octanol–water partition coefficient (Wildman–Crippen LogP) is 3.86.